The number of aromatic amines is 1. The van der Waals surface area contributed by atoms with E-state index in [1.54, 1.807) is 23.5 Å². The minimum Gasteiger partial charge on any atom is -0.507 e. The van der Waals surface area contributed by atoms with E-state index < -0.39 is 5.91 Å². The summed E-state index contributed by atoms with van der Waals surface area (Å²) >= 11 is 4.95. The summed E-state index contributed by atoms with van der Waals surface area (Å²) in [5.41, 5.74) is 3.97. The van der Waals surface area contributed by atoms with E-state index in [0.717, 1.165) is 25.1 Å². The molecule has 3 N–H and O–H groups in total. The van der Waals surface area contributed by atoms with Gasteiger partial charge in [0.1, 0.15) is 5.75 Å². The third kappa shape index (κ3) is 3.62. The van der Waals surface area contributed by atoms with Crippen molar-refractivity contribution in [2.45, 2.75) is 0 Å². The molecule has 0 aliphatic carbocycles. The lowest BCUT2D eigenvalue weighted by atomic mass is 10.0. The number of amides is 1. The number of hydrazone groups is 1. The number of nitrogens with one attached hydrogen (secondary N) is 2. The first-order chi connectivity index (χ1) is 13.1. The summed E-state index contributed by atoms with van der Waals surface area (Å²) in [7, 11) is 0. The molecular formula is C19H13BrN4O2S. The normalized spacial score (nSPS) is 11.3. The molecule has 1 amide bonds. The van der Waals surface area contributed by atoms with Gasteiger partial charge in [0.25, 0.3) is 5.91 Å². The van der Waals surface area contributed by atoms with Crippen LogP contribution in [0.2, 0.25) is 0 Å². The number of H-pyrrole nitrogens is 1. The molecule has 2 heterocycles. The van der Waals surface area contributed by atoms with Gasteiger partial charge < -0.3 is 5.11 Å². The van der Waals surface area contributed by atoms with Gasteiger partial charge in [-0.3, -0.25) is 9.89 Å². The molecule has 0 atom stereocenters. The molecule has 2 aromatic heterocycles. The summed E-state index contributed by atoms with van der Waals surface area (Å²) < 4.78 is 0.998. The van der Waals surface area contributed by atoms with Gasteiger partial charge in [-0.15, -0.1) is 11.3 Å². The number of aromatic nitrogens is 2. The SMILES string of the molecule is O=C(NN=Cc1c(O)ccc2ccccc12)c1cc(-c2ccc(Br)s2)[nH]n1. The molecule has 0 unspecified atom stereocenters. The fourth-order valence-electron chi connectivity index (χ4n) is 2.66. The molecule has 0 saturated carbocycles. The topological polar surface area (TPSA) is 90.4 Å². The number of fused-ring (bicyclic) bond motifs is 1. The van der Waals surface area contributed by atoms with Crippen molar-refractivity contribution in [3.8, 4) is 16.3 Å². The second kappa shape index (κ2) is 7.34. The Kier molecular flexibility index (Phi) is 4.74. The highest BCUT2D eigenvalue weighted by Gasteiger charge is 2.12. The summed E-state index contributed by atoms with van der Waals surface area (Å²) in [6.07, 6.45) is 1.43. The van der Waals surface area contributed by atoms with E-state index in [4.69, 9.17) is 0 Å². The number of thiophene rings is 1. The van der Waals surface area contributed by atoms with E-state index in [1.165, 1.54) is 6.21 Å². The highest BCUT2D eigenvalue weighted by atomic mass is 79.9. The van der Waals surface area contributed by atoms with Crippen molar-refractivity contribution < 1.29 is 9.90 Å². The lowest BCUT2D eigenvalue weighted by Crippen LogP contribution is -2.18. The Hall–Kier alpha value is -2.97. The molecule has 6 nitrogen and oxygen atoms in total. The van der Waals surface area contributed by atoms with Gasteiger partial charge >= 0.3 is 0 Å². The van der Waals surface area contributed by atoms with E-state index in [1.807, 2.05) is 42.5 Å². The Balaban J connectivity index is 1.52. The van der Waals surface area contributed by atoms with Crippen LogP contribution in [0, 0.1) is 0 Å². The molecule has 2 aromatic carbocycles. The number of rotatable bonds is 4. The van der Waals surface area contributed by atoms with E-state index in [0.29, 0.717) is 5.56 Å². The van der Waals surface area contributed by atoms with Crippen molar-refractivity contribution >= 4 is 50.2 Å². The van der Waals surface area contributed by atoms with Gasteiger partial charge in [0, 0.05) is 5.56 Å². The molecule has 134 valence electrons. The van der Waals surface area contributed by atoms with Crippen LogP contribution >= 0.6 is 27.3 Å². The molecule has 0 saturated heterocycles. The average molecular weight is 441 g/mol. The van der Waals surface area contributed by atoms with Gasteiger partial charge in [-0.1, -0.05) is 30.3 Å². The monoisotopic (exact) mass is 440 g/mol. The Labute approximate surface area is 166 Å². The van der Waals surface area contributed by atoms with Gasteiger partial charge in [0.15, 0.2) is 5.69 Å². The Bertz CT molecular complexity index is 1170. The fourth-order valence-corrected chi connectivity index (χ4v) is 4.01. The van der Waals surface area contributed by atoms with E-state index in [9.17, 15) is 9.90 Å². The summed E-state index contributed by atoms with van der Waals surface area (Å²) in [4.78, 5) is 13.2. The fraction of sp³-hybridized carbons (Fsp3) is 0. The number of phenols is 1. The summed E-state index contributed by atoms with van der Waals surface area (Å²) in [5.74, 6) is -0.346. The van der Waals surface area contributed by atoms with Crippen molar-refractivity contribution in [2.24, 2.45) is 5.10 Å². The number of carbonyl (C=O) groups excluding carboxylic acids is 1. The summed E-state index contributed by atoms with van der Waals surface area (Å²) in [6, 6.07) is 16.6. The van der Waals surface area contributed by atoms with Crippen LogP contribution in [0.15, 0.2) is 63.5 Å². The van der Waals surface area contributed by atoms with Gasteiger partial charge in [-0.05, 0) is 51.0 Å². The largest absolute Gasteiger partial charge is 0.507 e. The van der Waals surface area contributed by atoms with Crippen LogP contribution in [0.5, 0.6) is 5.75 Å². The zero-order chi connectivity index (χ0) is 18.8. The maximum Gasteiger partial charge on any atom is 0.291 e. The third-order valence-electron chi connectivity index (χ3n) is 3.96. The second-order valence-electron chi connectivity index (χ2n) is 5.69. The second-order valence-corrected chi connectivity index (χ2v) is 8.15. The Morgan fingerprint density at radius 2 is 2.07 bits per heavy atom. The number of phenolic OH excluding ortho intramolecular Hbond substituents is 1. The van der Waals surface area contributed by atoms with Crippen LogP contribution in [0.25, 0.3) is 21.3 Å². The predicted octanol–water partition coefficient (Wildman–Crippen LogP) is 4.52. The maximum absolute atomic E-state index is 12.3. The number of aromatic hydroxyl groups is 1. The van der Waals surface area contributed by atoms with Gasteiger partial charge in [0.05, 0.1) is 20.6 Å². The van der Waals surface area contributed by atoms with E-state index in [2.05, 4.69) is 36.7 Å². The highest BCUT2D eigenvalue weighted by molar-refractivity contribution is 9.11. The van der Waals surface area contributed by atoms with Crippen LogP contribution in [0.4, 0.5) is 0 Å². The first-order valence-corrected chi connectivity index (χ1v) is 9.58. The average Bonchev–Trinajstić information content (AvgIpc) is 3.32. The van der Waals surface area contributed by atoms with Crippen molar-refractivity contribution in [3.63, 3.8) is 0 Å². The molecule has 0 fully saturated rings. The molecule has 0 bridgehead atoms. The minimum atomic E-state index is -0.441. The smallest absolute Gasteiger partial charge is 0.291 e. The van der Waals surface area contributed by atoms with Crippen LogP contribution in [-0.2, 0) is 0 Å². The van der Waals surface area contributed by atoms with Crippen molar-refractivity contribution in [2.75, 3.05) is 0 Å². The van der Waals surface area contributed by atoms with Crippen molar-refractivity contribution in [1.29, 1.82) is 0 Å². The molecular weight excluding hydrogens is 428 g/mol. The molecule has 27 heavy (non-hydrogen) atoms. The van der Waals surface area contributed by atoms with E-state index in [-0.39, 0.29) is 11.4 Å². The first kappa shape index (κ1) is 17.4. The number of hydrogen-bond acceptors (Lipinski definition) is 5. The van der Waals surface area contributed by atoms with Crippen molar-refractivity contribution in [1.82, 2.24) is 15.6 Å². The van der Waals surface area contributed by atoms with Gasteiger partial charge in [0.2, 0.25) is 0 Å². The number of benzene rings is 2. The molecule has 0 aliphatic heterocycles. The van der Waals surface area contributed by atoms with Gasteiger partial charge in [-0.25, -0.2) is 5.43 Å². The van der Waals surface area contributed by atoms with Crippen LogP contribution in [-0.4, -0.2) is 27.4 Å². The predicted molar refractivity (Wildman–Crippen MR) is 110 cm³/mol. The highest BCUT2D eigenvalue weighted by Crippen LogP contribution is 2.30. The number of hydrogen-bond donors (Lipinski definition) is 3. The minimum absolute atomic E-state index is 0.0945. The van der Waals surface area contributed by atoms with Crippen LogP contribution < -0.4 is 5.43 Å². The summed E-state index contributed by atoms with van der Waals surface area (Å²) in [5, 5.41) is 22.8. The first-order valence-electron chi connectivity index (χ1n) is 7.97. The Morgan fingerprint density at radius 1 is 1.22 bits per heavy atom. The lowest BCUT2D eigenvalue weighted by molar-refractivity contribution is 0.0950. The molecule has 0 aliphatic rings. The summed E-state index contributed by atoms with van der Waals surface area (Å²) in [6.45, 7) is 0. The number of nitrogens with zero attached hydrogens (tertiary/aromatic N) is 2. The van der Waals surface area contributed by atoms with Crippen LogP contribution in [0.3, 0.4) is 0 Å². The van der Waals surface area contributed by atoms with Crippen LogP contribution in [0.1, 0.15) is 16.1 Å². The standard InChI is InChI=1S/C19H13BrN4O2S/c20-18-8-7-17(27-18)14-9-15(23-22-14)19(26)24-21-10-13-12-4-2-1-3-11(12)5-6-16(13)25/h1-10,25H,(H,22,23)(H,24,26). The van der Waals surface area contributed by atoms with Crippen molar-refractivity contribution in [3.05, 3.63) is 69.6 Å². The molecule has 0 spiro atoms. The van der Waals surface area contributed by atoms with E-state index >= 15 is 0 Å². The molecule has 8 heteroatoms. The molecule has 0 radical (unpaired) electrons. The zero-order valence-corrected chi connectivity index (χ0v) is 16.2. The van der Waals surface area contributed by atoms with Gasteiger partial charge in [-0.2, -0.15) is 10.2 Å². The third-order valence-corrected chi connectivity index (χ3v) is 5.61. The number of halogens is 1. The quantitative estimate of drug-likeness (QED) is 0.321. The zero-order valence-electron chi connectivity index (χ0n) is 13.8. The molecule has 4 rings (SSSR count). The molecule has 4 aromatic rings. The number of carbonyl (C=O) groups is 1. The maximum atomic E-state index is 12.3. The Morgan fingerprint density at radius 3 is 2.89 bits per heavy atom. The lowest BCUT2D eigenvalue weighted by Gasteiger charge is -2.04.